The Bertz CT molecular complexity index is 862. The SMILES string of the molecule is Cc1cccc(C)c1CC[C@@H](C)[C@H]1CC[C@H]2[C@@H]3CC=C4C[C@@H](O)CC[C@]4(C)[C@H]3CC[C@]12C. The zero-order chi connectivity index (χ0) is 22.7. The van der Waals surface area contributed by atoms with Gasteiger partial charge >= 0.3 is 0 Å². The molecule has 0 saturated heterocycles. The van der Waals surface area contributed by atoms with Crippen LogP contribution >= 0.6 is 0 Å². The highest BCUT2D eigenvalue weighted by Gasteiger charge is 2.59. The summed E-state index contributed by atoms with van der Waals surface area (Å²) in [5.41, 5.74) is 7.07. The minimum atomic E-state index is -0.0895. The van der Waals surface area contributed by atoms with E-state index in [-0.39, 0.29) is 6.10 Å². The monoisotopic (exact) mass is 434 g/mol. The highest BCUT2D eigenvalue weighted by molar-refractivity contribution is 5.33. The number of fused-ring (bicyclic) bond motifs is 5. The van der Waals surface area contributed by atoms with Gasteiger partial charge in [-0.25, -0.2) is 0 Å². The van der Waals surface area contributed by atoms with Crippen molar-refractivity contribution in [3.05, 3.63) is 46.5 Å². The first kappa shape index (κ1) is 22.7. The third-order valence-corrected chi connectivity index (χ3v) is 11.3. The molecule has 0 aromatic heterocycles. The number of aliphatic hydroxyl groups excluding tert-OH is 1. The smallest absolute Gasteiger partial charge is 0.0577 e. The van der Waals surface area contributed by atoms with E-state index in [2.05, 4.69) is 58.9 Å². The summed E-state index contributed by atoms with van der Waals surface area (Å²) in [5, 5.41) is 10.3. The molecule has 3 saturated carbocycles. The molecule has 4 aliphatic carbocycles. The lowest BCUT2D eigenvalue weighted by atomic mass is 9.47. The lowest BCUT2D eigenvalue weighted by Crippen LogP contribution is -2.50. The maximum atomic E-state index is 10.3. The van der Waals surface area contributed by atoms with Crippen molar-refractivity contribution in [1.29, 1.82) is 0 Å². The number of benzene rings is 1. The summed E-state index contributed by atoms with van der Waals surface area (Å²) in [6.07, 6.45) is 15.3. The van der Waals surface area contributed by atoms with Crippen LogP contribution in [0.2, 0.25) is 0 Å². The first-order chi connectivity index (χ1) is 15.2. The van der Waals surface area contributed by atoms with E-state index in [1.54, 1.807) is 11.1 Å². The van der Waals surface area contributed by atoms with E-state index < -0.39 is 0 Å². The molecule has 0 radical (unpaired) electrons. The predicted octanol–water partition coefficient (Wildman–Crippen LogP) is 7.81. The van der Waals surface area contributed by atoms with Crippen LogP contribution in [0.15, 0.2) is 29.8 Å². The summed E-state index contributed by atoms with van der Waals surface area (Å²) in [6, 6.07) is 6.78. The third kappa shape index (κ3) is 3.53. The quantitative estimate of drug-likeness (QED) is 0.479. The fourth-order valence-corrected chi connectivity index (χ4v) is 9.43. The van der Waals surface area contributed by atoms with Crippen molar-refractivity contribution in [3.63, 3.8) is 0 Å². The molecule has 1 N–H and O–H groups in total. The Morgan fingerprint density at radius 3 is 2.50 bits per heavy atom. The first-order valence-corrected chi connectivity index (χ1v) is 13.7. The van der Waals surface area contributed by atoms with Crippen LogP contribution in [0.25, 0.3) is 0 Å². The van der Waals surface area contributed by atoms with Crippen molar-refractivity contribution in [2.24, 2.45) is 40.4 Å². The molecule has 0 heterocycles. The maximum absolute atomic E-state index is 10.3. The fraction of sp³-hybridized carbons (Fsp3) is 0.742. The standard InChI is InChI=1S/C31H46O/c1-20-7-6-8-21(2)25(20)11-9-22(3)27-13-14-28-26-12-10-23-19-24(32)15-17-30(23,4)29(26)16-18-31(27,28)5/h6-8,10,22,24,26-29,32H,9,11-19H2,1-5H3/t22-,24+,26+,27-,28+,29+,30+,31-/m1/s1. The molecule has 0 unspecified atom stereocenters. The minimum absolute atomic E-state index is 0.0895. The molecule has 0 amide bonds. The van der Waals surface area contributed by atoms with Gasteiger partial charge in [-0.05, 0) is 135 Å². The number of hydrogen-bond acceptors (Lipinski definition) is 1. The van der Waals surface area contributed by atoms with Gasteiger partial charge in [-0.3, -0.25) is 0 Å². The van der Waals surface area contributed by atoms with Crippen molar-refractivity contribution >= 4 is 0 Å². The van der Waals surface area contributed by atoms with Crippen LogP contribution < -0.4 is 0 Å². The summed E-state index contributed by atoms with van der Waals surface area (Å²) in [4.78, 5) is 0. The Morgan fingerprint density at radius 1 is 1.00 bits per heavy atom. The maximum Gasteiger partial charge on any atom is 0.0577 e. The van der Waals surface area contributed by atoms with Gasteiger partial charge in [0.1, 0.15) is 0 Å². The number of rotatable bonds is 4. The van der Waals surface area contributed by atoms with Gasteiger partial charge in [0.15, 0.2) is 0 Å². The van der Waals surface area contributed by atoms with Crippen molar-refractivity contribution < 1.29 is 5.11 Å². The second kappa shape index (κ2) is 8.30. The van der Waals surface area contributed by atoms with Gasteiger partial charge < -0.3 is 5.11 Å². The minimum Gasteiger partial charge on any atom is -0.393 e. The van der Waals surface area contributed by atoms with Crippen LogP contribution in [-0.4, -0.2) is 11.2 Å². The molecular formula is C31H46O. The van der Waals surface area contributed by atoms with Crippen LogP contribution in [0.1, 0.15) is 95.2 Å². The van der Waals surface area contributed by atoms with Crippen molar-refractivity contribution in [2.75, 3.05) is 0 Å². The van der Waals surface area contributed by atoms with E-state index in [1.807, 2.05) is 0 Å². The molecule has 0 spiro atoms. The largest absolute Gasteiger partial charge is 0.393 e. The topological polar surface area (TPSA) is 20.2 Å². The lowest BCUT2D eigenvalue weighted by Gasteiger charge is -2.58. The molecule has 1 nitrogen and oxygen atoms in total. The third-order valence-electron chi connectivity index (χ3n) is 11.3. The van der Waals surface area contributed by atoms with Crippen LogP contribution in [0.3, 0.4) is 0 Å². The molecule has 1 aromatic carbocycles. The van der Waals surface area contributed by atoms with Gasteiger partial charge in [0.05, 0.1) is 6.10 Å². The van der Waals surface area contributed by atoms with Gasteiger partial charge in [-0.15, -0.1) is 0 Å². The normalized spacial score (nSPS) is 41.9. The number of aliphatic hydroxyl groups is 1. The second-order valence-corrected chi connectivity index (χ2v) is 12.8. The van der Waals surface area contributed by atoms with E-state index >= 15 is 0 Å². The average Bonchev–Trinajstić information content (AvgIpc) is 3.11. The Morgan fingerprint density at radius 2 is 1.75 bits per heavy atom. The number of hydrogen-bond donors (Lipinski definition) is 1. The van der Waals surface area contributed by atoms with Gasteiger partial charge in [0, 0.05) is 0 Å². The molecule has 0 aliphatic heterocycles. The van der Waals surface area contributed by atoms with Crippen LogP contribution in [0.5, 0.6) is 0 Å². The highest BCUT2D eigenvalue weighted by Crippen LogP contribution is 2.67. The molecule has 5 rings (SSSR count). The first-order valence-electron chi connectivity index (χ1n) is 13.7. The summed E-state index contributed by atoms with van der Waals surface area (Å²) >= 11 is 0. The Balaban J connectivity index is 1.32. The molecule has 32 heavy (non-hydrogen) atoms. The number of aryl methyl sites for hydroxylation is 2. The van der Waals surface area contributed by atoms with Crippen molar-refractivity contribution in [1.82, 2.24) is 0 Å². The molecule has 3 fully saturated rings. The fourth-order valence-electron chi connectivity index (χ4n) is 9.43. The summed E-state index contributed by atoms with van der Waals surface area (Å²) in [6.45, 7) is 12.4. The molecule has 8 atom stereocenters. The van der Waals surface area contributed by atoms with Crippen molar-refractivity contribution in [3.8, 4) is 0 Å². The molecule has 0 bridgehead atoms. The highest BCUT2D eigenvalue weighted by atomic mass is 16.3. The van der Waals surface area contributed by atoms with Crippen molar-refractivity contribution in [2.45, 2.75) is 105 Å². The van der Waals surface area contributed by atoms with Gasteiger partial charge in [0.25, 0.3) is 0 Å². The van der Waals surface area contributed by atoms with E-state index in [0.29, 0.717) is 10.8 Å². The molecule has 4 aliphatic rings. The average molecular weight is 435 g/mol. The second-order valence-electron chi connectivity index (χ2n) is 12.8. The van der Waals surface area contributed by atoms with E-state index in [1.165, 1.54) is 62.5 Å². The lowest BCUT2D eigenvalue weighted by molar-refractivity contribution is -0.0571. The Labute approximate surface area is 197 Å². The van der Waals surface area contributed by atoms with E-state index in [4.69, 9.17) is 0 Å². The van der Waals surface area contributed by atoms with E-state index in [9.17, 15) is 5.11 Å². The number of allylic oxidation sites excluding steroid dienone is 1. The summed E-state index contributed by atoms with van der Waals surface area (Å²) in [7, 11) is 0. The van der Waals surface area contributed by atoms with Crippen LogP contribution in [0, 0.1) is 54.3 Å². The molecular weight excluding hydrogens is 388 g/mol. The zero-order valence-electron chi connectivity index (χ0n) is 21.3. The predicted molar refractivity (Wildman–Crippen MR) is 135 cm³/mol. The van der Waals surface area contributed by atoms with Crippen LogP contribution in [-0.2, 0) is 6.42 Å². The zero-order valence-corrected chi connectivity index (χ0v) is 21.3. The summed E-state index contributed by atoms with van der Waals surface area (Å²) in [5.74, 6) is 4.36. The van der Waals surface area contributed by atoms with Gasteiger partial charge in [-0.2, -0.15) is 0 Å². The summed E-state index contributed by atoms with van der Waals surface area (Å²) < 4.78 is 0. The molecule has 1 aromatic rings. The molecule has 1 heteroatoms. The Hall–Kier alpha value is -1.08. The molecule has 176 valence electrons. The van der Waals surface area contributed by atoms with Gasteiger partial charge in [0.2, 0.25) is 0 Å². The van der Waals surface area contributed by atoms with E-state index in [0.717, 1.165) is 42.4 Å². The van der Waals surface area contributed by atoms with Gasteiger partial charge in [-0.1, -0.05) is 50.6 Å². The Kier molecular flexibility index (Phi) is 5.89. The van der Waals surface area contributed by atoms with Crippen LogP contribution in [0.4, 0.5) is 0 Å².